The van der Waals surface area contributed by atoms with Crippen molar-refractivity contribution in [2.45, 2.75) is 37.9 Å². The van der Waals surface area contributed by atoms with Gasteiger partial charge in [0, 0.05) is 32.7 Å². The molecule has 2 atom stereocenters. The maximum Gasteiger partial charge on any atom is 0.321 e. The maximum absolute atomic E-state index is 12.6. The Bertz CT molecular complexity index is 876. The van der Waals surface area contributed by atoms with Crippen LogP contribution in [0.3, 0.4) is 0 Å². The molecule has 0 aromatic heterocycles. The van der Waals surface area contributed by atoms with Crippen LogP contribution >= 0.6 is 0 Å². The number of ether oxygens (including phenoxy) is 2. The zero-order valence-electron chi connectivity index (χ0n) is 17.5. The second kappa shape index (κ2) is 10.0. The van der Waals surface area contributed by atoms with Crippen LogP contribution in [0.1, 0.15) is 20.8 Å². The number of amides is 2. The van der Waals surface area contributed by atoms with Gasteiger partial charge >= 0.3 is 5.97 Å². The lowest BCUT2D eigenvalue weighted by Crippen LogP contribution is -2.49. The van der Waals surface area contributed by atoms with E-state index in [0.717, 1.165) is 4.31 Å². The van der Waals surface area contributed by atoms with Crippen molar-refractivity contribution >= 4 is 33.5 Å². The van der Waals surface area contributed by atoms with Crippen molar-refractivity contribution in [1.29, 1.82) is 0 Å². The van der Waals surface area contributed by atoms with E-state index in [1.54, 1.807) is 4.90 Å². The first-order valence-electron chi connectivity index (χ1n) is 9.42. The van der Waals surface area contributed by atoms with Crippen LogP contribution in [0.5, 0.6) is 0 Å². The van der Waals surface area contributed by atoms with Crippen molar-refractivity contribution in [3.8, 4) is 0 Å². The van der Waals surface area contributed by atoms with Crippen molar-refractivity contribution < 1.29 is 32.3 Å². The Morgan fingerprint density at radius 3 is 2.27 bits per heavy atom. The van der Waals surface area contributed by atoms with Gasteiger partial charge in [0.25, 0.3) is 5.91 Å². The van der Waals surface area contributed by atoms with Gasteiger partial charge in [-0.15, -0.1) is 0 Å². The molecule has 0 spiro atoms. The van der Waals surface area contributed by atoms with E-state index in [9.17, 15) is 22.8 Å². The van der Waals surface area contributed by atoms with E-state index in [-0.39, 0.29) is 28.9 Å². The quantitative estimate of drug-likeness (QED) is 0.609. The van der Waals surface area contributed by atoms with E-state index < -0.39 is 29.1 Å². The van der Waals surface area contributed by atoms with Gasteiger partial charge in [-0.2, -0.15) is 4.31 Å². The summed E-state index contributed by atoms with van der Waals surface area (Å²) in [6.45, 7) is 4.85. The van der Waals surface area contributed by atoms with Crippen LogP contribution in [0.2, 0.25) is 0 Å². The van der Waals surface area contributed by atoms with Gasteiger partial charge in [0.05, 0.1) is 17.1 Å². The summed E-state index contributed by atoms with van der Waals surface area (Å²) >= 11 is 0. The number of anilines is 1. The Kier molecular flexibility index (Phi) is 7.93. The van der Waals surface area contributed by atoms with Crippen molar-refractivity contribution in [2.24, 2.45) is 0 Å². The van der Waals surface area contributed by atoms with Crippen molar-refractivity contribution in [1.82, 2.24) is 9.21 Å². The molecule has 1 aromatic carbocycles. The van der Waals surface area contributed by atoms with Gasteiger partial charge in [-0.25, -0.2) is 8.42 Å². The molecule has 0 unspecified atom stereocenters. The lowest BCUT2D eigenvalue weighted by Gasteiger charge is -2.35. The minimum absolute atomic E-state index is 0.0423. The summed E-state index contributed by atoms with van der Waals surface area (Å²) in [6, 6.07) is 5.55. The summed E-state index contributed by atoms with van der Waals surface area (Å²) in [5.41, 5.74) is 0.453. The largest absolute Gasteiger partial charge is 0.455 e. The van der Waals surface area contributed by atoms with Crippen molar-refractivity contribution in [3.63, 3.8) is 0 Å². The van der Waals surface area contributed by atoms with E-state index in [2.05, 4.69) is 5.32 Å². The lowest BCUT2D eigenvalue weighted by molar-refractivity contribution is -0.157. The fourth-order valence-electron chi connectivity index (χ4n) is 3.02. The molecule has 166 valence electrons. The number of carbonyl (C=O) groups is 3. The summed E-state index contributed by atoms with van der Waals surface area (Å²) in [4.78, 5) is 36.9. The predicted molar refractivity (Wildman–Crippen MR) is 108 cm³/mol. The van der Waals surface area contributed by atoms with E-state index in [1.165, 1.54) is 38.2 Å². The van der Waals surface area contributed by atoms with Crippen LogP contribution in [0.4, 0.5) is 5.69 Å². The van der Waals surface area contributed by atoms with Crippen molar-refractivity contribution in [3.05, 3.63) is 24.3 Å². The third-order valence-electron chi connectivity index (χ3n) is 4.36. The highest BCUT2D eigenvalue weighted by Crippen LogP contribution is 2.17. The molecule has 11 heteroatoms. The molecule has 0 aliphatic carbocycles. The first kappa shape index (κ1) is 23.8. The highest BCUT2D eigenvalue weighted by Gasteiger charge is 2.27. The second-order valence-corrected chi connectivity index (χ2v) is 9.23. The van der Waals surface area contributed by atoms with Gasteiger partial charge in [0.1, 0.15) is 6.54 Å². The number of hydrogen-bond acceptors (Lipinski definition) is 7. The number of nitrogens with one attached hydrogen (secondary N) is 1. The third-order valence-corrected chi connectivity index (χ3v) is 6.18. The molecule has 1 fully saturated rings. The van der Waals surface area contributed by atoms with Crippen LogP contribution in [-0.2, 0) is 33.9 Å². The third kappa shape index (κ3) is 6.51. The highest BCUT2D eigenvalue weighted by molar-refractivity contribution is 7.89. The smallest absolute Gasteiger partial charge is 0.321 e. The molecule has 1 saturated heterocycles. The van der Waals surface area contributed by atoms with Crippen LogP contribution < -0.4 is 5.32 Å². The molecule has 1 aromatic rings. The van der Waals surface area contributed by atoms with Crippen molar-refractivity contribution in [2.75, 3.05) is 38.6 Å². The number of benzene rings is 1. The predicted octanol–water partition coefficient (Wildman–Crippen LogP) is 0.445. The number of likely N-dealkylation sites (N-methyl/N-ethyl adjacent to an activating group) is 1. The van der Waals surface area contributed by atoms with Crippen LogP contribution in [-0.4, -0.2) is 80.9 Å². The molecular formula is C19H27N3O7S. The molecule has 1 heterocycles. The fourth-order valence-corrected chi connectivity index (χ4v) is 4.14. The average Bonchev–Trinajstić information content (AvgIpc) is 2.65. The highest BCUT2D eigenvalue weighted by atomic mass is 32.2. The molecule has 10 nitrogen and oxygen atoms in total. The first-order valence-corrected chi connectivity index (χ1v) is 10.9. The topological polar surface area (TPSA) is 122 Å². The molecule has 2 amide bonds. The minimum Gasteiger partial charge on any atom is -0.455 e. The zero-order chi connectivity index (χ0) is 22.5. The molecule has 2 rings (SSSR count). The number of sulfonamides is 1. The number of morpholine rings is 1. The molecule has 30 heavy (non-hydrogen) atoms. The van der Waals surface area contributed by atoms with E-state index in [4.69, 9.17) is 9.47 Å². The SMILES string of the molecule is CC(=O)Nc1ccc(S(=O)(=O)N(C)CC(=O)OCC(=O)N2C[C@H](C)O[C@@H](C)C2)cc1. The fraction of sp³-hybridized carbons (Fsp3) is 0.526. The van der Waals surface area contributed by atoms with E-state index >= 15 is 0 Å². The molecule has 1 aliphatic heterocycles. The average molecular weight is 442 g/mol. The Hall–Kier alpha value is -2.50. The monoisotopic (exact) mass is 441 g/mol. The second-order valence-electron chi connectivity index (χ2n) is 7.18. The van der Waals surface area contributed by atoms with Gasteiger partial charge in [-0.1, -0.05) is 0 Å². The number of esters is 1. The maximum atomic E-state index is 12.6. The summed E-state index contributed by atoms with van der Waals surface area (Å²) < 4.78 is 36.6. The van der Waals surface area contributed by atoms with Gasteiger partial charge in [-0.3, -0.25) is 14.4 Å². The van der Waals surface area contributed by atoms with Crippen LogP contribution in [0.25, 0.3) is 0 Å². The van der Waals surface area contributed by atoms with Gasteiger partial charge in [-0.05, 0) is 38.1 Å². The summed E-state index contributed by atoms with van der Waals surface area (Å²) in [6.07, 6.45) is -0.219. The Morgan fingerprint density at radius 2 is 1.73 bits per heavy atom. The zero-order valence-corrected chi connectivity index (χ0v) is 18.3. The normalized spacial score (nSPS) is 19.4. The van der Waals surface area contributed by atoms with Gasteiger partial charge in [0.2, 0.25) is 15.9 Å². The molecule has 0 saturated carbocycles. The molecule has 0 bridgehead atoms. The Morgan fingerprint density at radius 1 is 1.17 bits per heavy atom. The number of rotatable bonds is 7. The van der Waals surface area contributed by atoms with Crippen LogP contribution in [0.15, 0.2) is 29.2 Å². The minimum atomic E-state index is -3.94. The van der Waals surface area contributed by atoms with Gasteiger partial charge < -0.3 is 19.7 Å². The molecule has 0 radical (unpaired) electrons. The summed E-state index contributed by atoms with van der Waals surface area (Å²) in [7, 11) is -2.70. The first-order chi connectivity index (χ1) is 14.0. The lowest BCUT2D eigenvalue weighted by atomic mass is 10.2. The Balaban J connectivity index is 1.89. The van der Waals surface area contributed by atoms with E-state index in [0.29, 0.717) is 18.8 Å². The molecular weight excluding hydrogens is 414 g/mol. The number of hydrogen-bond donors (Lipinski definition) is 1. The molecule has 1 aliphatic rings. The van der Waals surface area contributed by atoms with Crippen LogP contribution in [0, 0.1) is 0 Å². The standard InChI is InChI=1S/C19H27N3O7S/c1-13-9-22(10-14(2)29-13)18(24)12-28-19(25)11-21(4)30(26,27)17-7-5-16(6-8-17)20-15(3)23/h5-8,13-14H,9-12H2,1-4H3,(H,20,23)/t13-,14-/m0/s1. The number of carbonyl (C=O) groups excluding carboxylic acids is 3. The Labute approximate surface area is 176 Å². The van der Waals surface area contributed by atoms with E-state index in [1.807, 2.05) is 13.8 Å². The summed E-state index contributed by atoms with van der Waals surface area (Å²) in [5.74, 6) is -1.47. The number of nitrogens with zero attached hydrogens (tertiary/aromatic N) is 2. The summed E-state index contributed by atoms with van der Waals surface area (Å²) in [5, 5.41) is 2.54. The van der Waals surface area contributed by atoms with Gasteiger partial charge in [0.15, 0.2) is 6.61 Å². The molecule has 1 N–H and O–H groups in total.